The Morgan fingerprint density at radius 3 is 2.86 bits per heavy atom. The number of aryl methyl sites for hydroxylation is 2. The summed E-state index contributed by atoms with van der Waals surface area (Å²) in [6.07, 6.45) is 1.57. The molecule has 114 valence electrons. The highest BCUT2D eigenvalue weighted by Crippen LogP contribution is 2.24. The molecule has 0 saturated heterocycles. The third kappa shape index (κ3) is 4.04. The maximum atomic E-state index is 6.02. The van der Waals surface area contributed by atoms with Gasteiger partial charge in [0.05, 0.1) is 0 Å². The molecule has 5 heteroatoms. The number of hydrogen-bond donors (Lipinski definition) is 1. The van der Waals surface area contributed by atoms with Gasteiger partial charge in [0.1, 0.15) is 18.7 Å². The van der Waals surface area contributed by atoms with Crippen LogP contribution in [0.3, 0.4) is 0 Å². The van der Waals surface area contributed by atoms with E-state index in [0.29, 0.717) is 12.6 Å². The molecule has 0 unspecified atom stereocenters. The first-order valence-electron chi connectivity index (χ1n) is 7.43. The summed E-state index contributed by atoms with van der Waals surface area (Å²) >= 11 is 0. The van der Waals surface area contributed by atoms with Crippen LogP contribution < -0.4 is 10.1 Å². The molecule has 1 heterocycles. The molecular weight excluding hydrogens is 264 g/mol. The summed E-state index contributed by atoms with van der Waals surface area (Å²) in [5.74, 6) is 1.79. The quantitative estimate of drug-likeness (QED) is 0.851. The van der Waals surface area contributed by atoms with Gasteiger partial charge in [0.25, 0.3) is 0 Å². The highest BCUT2D eigenvalue weighted by atomic mass is 16.5. The Balaban J connectivity index is 2.11. The molecular formula is C16H24N4O. The van der Waals surface area contributed by atoms with E-state index in [4.69, 9.17) is 4.74 Å². The van der Waals surface area contributed by atoms with E-state index < -0.39 is 0 Å². The van der Waals surface area contributed by atoms with E-state index in [1.165, 1.54) is 5.56 Å². The van der Waals surface area contributed by atoms with Crippen molar-refractivity contribution in [2.75, 3.05) is 0 Å². The van der Waals surface area contributed by atoms with Gasteiger partial charge < -0.3 is 10.1 Å². The maximum absolute atomic E-state index is 6.02. The molecule has 5 nitrogen and oxygen atoms in total. The molecule has 0 aliphatic carbocycles. The van der Waals surface area contributed by atoms with E-state index in [0.717, 1.165) is 30.2 Å². The molecule has 1 aromatic carbocycles. The third-order valence-corrected chi connectivity index (χ3v) is 3.34. The molecule has 0 saturated carbocycles. The standard InChI is InChI=1S/C16H24N4O/c1-5-20-15(18-11-19-20)10-21-16-13(4)7-6-8-14(16)9-17-12(2)3/h6-8,11-12,17H,5,9-10H2,1-4H3. The van der Waals surface area contributed by atoms with E-state index in [-0.39, 0.29) is 0 Å². The van der Waals surface area contributed by atoms with Crippen molar-refractivity contribution >= 4 is 0 Å². The second kappa shape index (κ2) is 7.22. The summed E-state index contributed by atoms with van der Waals surface area (Å²) in [4.78, 5) is 4.25. The Hall–Kier alpha value is -1.88. The van der Waals surface area contributed by atoms with Crippen LogP contribution in [0.2, 0.25) is 0 Å². The van der Waals surface area contributed by atoms with Crippen molar-refractivity contribution in [3.8, 4) is 5.75 Å². The molecule has 0 bridgehead atoms. The van der Waals surface area contributed by atoms with Gasteiger partial charge in [-0.05, 0) is 19.4 Å². The van der Waals surface area contributed by atoms with Crippen LogP contribution in [0.5, 0.6) is 5.75 Å². The first-order valence-corrected chi connectivity index (χ1v) is 7.43. The van der Waals surface area contributed by atoms with Gasteiger partial charge in [-0.1, -0.05) is 32.0 Å². The van der Waals surface area contributed by atoms with Gasteiger partial charge in [0.15, 0.2) is 5.82 Å². The minimum absolute atomic E-state index is 0.438. The summed E-state index contributed by atoms with van der Waals surface area (Å²) in [5.41, 5.74) is 2.31. The average molecular weight is 288 g/mol. The summed E-state index contributed by atoms with van der Waals surface area (Å²) < 4.78 is 7.88. The number of rotatable bonds is 7. The van der Waals surface area contributed by atoms with Gasteiger partial charge in [0.2, 0.25) is 0 Å². The second-order valence-corrected chi connectivity index (χ2v) is 5.38. The monoisotopic (exact) mass is 288 g/mol. The van der Waals surface area contributed by atoms with Crippen LogP contribution in [-0.2, 0) is 19.7 Å². The lowest BCUT2D eigenvalue weighted by Crippen LogP contribution is -2.22. The molecule has 0 atom stereocenters. The maximum Gasteiger partial charge on any atom is 0.164 e. The van der Waals surface area contributed by atoms with E-state index in [1.807, 2.05) is 11.6 Å². The molecule has 21 heavy (non-hydrogen) atoms. The van der Waals surface area contributed by atoms with E-state index >= 15 is 0 Å². The number of ether oxygens (including phenoxy) is 1. The number of para-hydroxylation sites is 1. The van der Waals surface area contributed by atoms with Crippen LogP contribution in [0, 0.1) is 6.92 Å². The lowest BCUT2D eigenvalue weighted by Gasteiger charge is -2.16. The zero-order chi connectivity index (χ0) is 15.2. The van der Waals surface area contributed by atoms with Crippen LogP contribution >= 0.6 is 0 Å². The molecule has 2 aromatic rings. The fourth-order valence-electron chi connectivity index (χ4n) is 2.17. The van der Waals surface area contributed by atoms with E-state index in [1.54, 1.807) is 6.33 Å². The van der Waals surface area contributed by atoms with Crippen molar-refractivity contribution in [3.05, 3.63) is 41.5 Å². The van der Waals surface area contributed by atoms with Crippen molar-refractivity contribution in [1.82, 2.24) is 20.1 Å². The Bertz CT molecular complexity index is 577. The van der Waals surface area contributed by atoms with E-state index in [9.17, 15) is 0 Å². The fraction of sp³-hybridized carbons (Fsp3) is 0.500. The minimum Gasteiger partial charge on any atom is -0.485 e. The first kappa shape index (κ1) is 15.5. The molecule has 0 fully saturated rings. The van der Waals surface area contributed by atoms with Gasteiger partial charge in [0, 0.05) is 24.7 Å². The zero-order valence-electron chi connectivity index (χ0n) is 13.3. The molecule has 0 aliphatic heterocycles. The third-order valence-electron chi connectivity index (χ3n) is 3.34. The normalized spacial score (nSPS) is 11.1. The number of aromatic nitrogens is 3. The fourth-order valence-corrected chi connectivity index (χ4v) is 2.17. The van der Waals surface area contributed by atoms with Crippen LogP contribution in [0.1, 0.15) is 37.7 Å². The predicted octanol–water partition coefficient (Wildman–Crippen LogP) is 2.68. The zero-order valence-corrected chi connectivity index (χ0v) is 13.3. The largest absolute Gasteiger partial charge is 0.485 e. The average Bonchev–Trinajstić information content (AvgIpc) is 2.91. The van der Waals surface area contributed by atoms with Crippen LogP contribution in [0.15, 0.2) is 24.5 Å². The van der Waals surface area contributed by atoms with Crippen molar-refractivity contribution in [2.45, 2.75) is 53.4 Å². The Morgan fingerprint density at radius 2 is 2.14 bits per heavy atom. The second-order valence-electron chi connectivity index (χ2n) is 5.38. The molecule has 1 aromatic heterocycles. The van der Waals surface area contributed by atoms with Crippen LogP contribution in [0.25, 0.3) is 0 Å². The number of benzene rings is 1. The molecule has 0 amide bonds. The van der Waals surface area contributed by atoms with E-state index in [2.05, 4.69) is 54.4 Å². The highest BCUT2D eigenvalue weighted by Gasteiger charge is 2.10. The Labute approximate surface area is 126 Å². The van der Waals surface area contributed by atoms with Gasteiger partial charge in [-0.2, -0.15) is 5.10 Å². The van der Waals surface area contributed by atoms with Crippen LogP contribution in [0.4, 0.5) is 0 Å². The van der Waals surface area contributed by atoms with Gasteiger partial charge in [-0.3, -0.25) is 0 Å². The summed E-state index contributed by atoms with van der Waals surface area (Å²) in [5, 5.41) is 7.60. The van der Waals surface area contributed by atoms with Crippen molar-refractivity contribution < 1.29 is 4.74 Å². The first-order chi connectivity index (χ1) is 10.1. The molecule has 0 spiro atoms. The highest BCUT2D eigenvalue weighted by molar-refractivity contribution is 5.40. The lowest BCUT2D eigenvalue weighted by molar-refractivity contribution is 0.281. The number of hydrogen-bond acceptors (Lipinski definition) is 4. The Morgan fingerprint density at radius 1 is 1.33 bits per heavy atom. The summed E-state index contributed by atoms with van der Waals surface area (Å²) in [7, 11) is 0. The number of nitrogens with one attached hydrogen (secondary N) is 1. The van der Waals surface area contributed by atoms with Crippen molar-refractivity contribution in [1.29, 1.82) is 0 Å². The predicted molar refractivity (Wildman–Crippen MR) is 83.2 cm³/mol. The Kier molecular flexibility index (Phi) is 5.33. The van der Waals surface area contributed by atoms with Crippen molar-refractivity contribution in [2.24, 2.45) is 0 Å². The van der Waals surface area contributed by atoms with Gasteiger partial charge >= 0.3 is 0 Å². The van der Waals surface area contributed by atoms with Crippen LogP contribution in [-0.4, -0.2) is 20.8 Å². The molecule has 2 rings (SSSR count). The SMILES string of the molecule is CCn1ncnc1COc1c(C)cccc1CNC(C)C. The van der Waals surface area contributed by atoms with Crippen molar-refractivity contribution in [3.63, 3.8) is 0 Å². The summed E-state index contributed by atoms with van der Waals surface area (Å²) in [6, 6.07) is 6.68. The smallest absolute Gasteiger partial charge is 0.164 e. The molecule has 1 N–H and O–H groups in total. The number of nitrogens with zero attached hydrogens (tertiary/aromatic N) is 3. The molecule has 0 aliphatic rings. The topological polar surface area (TPSA) is 52.0 Å². The van der Waals surface area contributed by atoms with Gasteiger partial charge in [-0.15, -0.1) is 0 Å². The van der Waals surface area contributed by atoms with Gasteiger partial charge in [-0.25, -0.2) is 9.67 Å². The molecule has 0 radical (unpaired) electrons. The summed E-state index contributed by atoms with van der Waals surface area (Å²) in [6.45, 7) is 10.4. The minimum atomic E-state index is 0.438. The lowest BCUT2D eigenvalue weighted by atomic mass is 10.1.